The molecule has 3 N–H and O–H groups in total. The van der Waals surface area contributed by atoms with Crippen molar-refractivity contribution in [1.82, 2.24) is 10.6 Å². The van der Waals surface area contributed by atoms with E-state index in [-0.39, 0.29) is 19.0 Å². The van der Waals surface area contributed by atoms with E-state index in [2.05, 4.69) is 15.6 Å². The van der Waals surface area contributed by atoms with Gasteiger partial charge in [-0.2, -0.15) is 0 Å². The van der Waals surface area contributed by atoms with E-state index in [0.29, 0.717) is 31.4 Å². The lowest BCUT2D eigenvalue weighted by atomic mass is 10.3. The SMILES string of the molecule is CCNC(=NCC(O)COc1ccc(F)cc1)NCCOc1ccccc1. The number of aliphatic hydroxyl groups is 1. The minimum Gasteiger partial charge on any atom is -0.492 e. The molecule has 1 unspecified atom stereocenters. The Morgan fingerprint density at radius 1 is 1.04 bits per heavy atom. The summed E-state index contributed by atoms with van der Waals surface area (Å²) in [4.78, 5) is 4.33. The summed E-state index contributed by atoms with van der Waals surface area (Å²) in [5.74, 6) is 1.58. The second kappa shape index (κ2) is 11.7. The van der Waals surface area contributed by atoms with E-state index in [0.717, 1.165) is 5.75 Å². The van der Waals surface area contributed by atoms with Crippen molar-refractivity contribution in [1.29, 1.82) is 0 Å². The van der Waals surface area contributed by atoms with Crippen LogP contribution in [0.4, 0.5) is 4.39 Å². The van der Waals surface area contributed by atoms with Gasteiger partial charge in [-0.25, -0.2) is 4.39 Å². The monoisotopic (exact) mass is 375 g/mol. The molecule has 0 fully saturated rings. The summed E-state index contributed by atoms with van der Waals surface area (Å²) in [7, 11) is 0. The van der Waals surface area contributed by atoms with Gasteiger partial charge in [-0.05, 0) is 43.3 Å². The molecular formula is C20H26FN3O3. The number of ether oxygens (including phenoxy) is 2. The van der Waals surface area contributed by atoms with Gasteiger partial charge in [0.15, 0.2) is 5.96 Å². The summed E-state index contributed by atoms with van der Waals surface area (Å²) in [6.45, 7) is 3.98. The average Bonchev–Trinajstić information content (AvgIpc) is 2.69. The Bertz CT molecular complexity index is 681. The van der Waals surface area contributed by atoms with E-state index in [1.54, 1.807) is 0 Å². The van der Waals surface area contributed by atoms with Crippen molar-refractivity contribution in [2.45, 2.75) is 13.0 Å². The minimum atomic E-state index is -0.772. The summed E-state index contributed by atoms with van der Waals surface area (Å²) in [6.07, 6.45) is -0.772. The molecule has 7 heteroatoms. The molecule has 0 saturated heterocycles. The molecule has 27 heavy (non-hydrogen) atoms. The van der Waals surface area contributed by atoms with Crippen LogP contribution >= 0.6 is 0 Å². The molecule has 2 aromatic rings. The first-order valence-electron chi connectivity index (χ1n) is 8.94. The molecular weight excluding hydrogens is 349 g/mol. The van der Waals surface area contributed by atoms with Gasteiger partial charge < -0.3 is 25.2 Å². The molecule has 0 saturated carbocycles. The van der Waals surface area contributed by atoms with Gasteiger partial charge in [-0.3, -0.25) is 4.99 Å². The molecule has 1 atom stereocenters. The van der Waals surface area contributed by atoms with Gasteiger partial charge in [0.05, 0.1) is 13.1 Å². The van der Waals surface area contributed by atoms with Crippen molar-refractivity contribution in [3.05, 3.63) is 60.4 Å². The van der Waals surface area contributed by atoms with Crippen molar-refractivity contribution < 1.29 is 19.0 Å². The second-order valence-electron chi connectivity index (χ2n) is 5.73. The molecule has 0 aromatic heterocycles. The molecule has 0 aliphatic carbocycles. The molecule has 0 aliphatic rings. The van der Waals surface area contributed by atoms with E-state index in [1.165, 1.54) is 24.3 Å². The van der Waals surface area contributed by atoms with Crippen molar-refractivity contribution in [2.75, 3.05) is 32.8 Å². The number of hydrogen-bond acceptors (Lipinski definition) is 4. The quantitative estimate of drug-likeness (QED) is 0.337. The zero-order valence-electron chi connectivity index (χ0n) is 15.4. The Hall–Kier alpha value is -2.80. The highest BCUT2D eigenvalue weighted by Gasteiger charge is 2.06. The second-order valence-corrected chi connectivity index (χ2v) is 5.73. The maximum atomic E-state index is 12.8. The van der Waals surface area contributed by atoms with Crippen LogP contribution in [0.25, 0.3) is 0 Å². The van der Waals surface area contributed by atoms with Gasteiger partial charge >= 0.3 is 0 Å². The molecule has 0 aliphatic heterocycles. The van der Waals surface area contributed by atoms with Crippen LogP contribution in [0.5, 0.6) is 11.5 Å². The standard InChI is InChI=1S/C20H26FN3O3/c1-2-22-20(23-12-13-26-18-6-4-3-5-7-18)24-14-17(25)15-27-19-10-8-16(21)9-11-19/h3-11,17,25H,2,12-15H2,1H3,(H2,22,23,24). The van der Waals surface area contributed by atoms with Crippen LogP contribution in [0, 0.1) is 5.82 Å². The van der Waals surface area contributed by atoms with Gasteiger partial charge in [0, 0.05) is 6.54 Å². The third-order valence-electron chi connectivity index (χ3n) is 3.47. The van der Waals surface area contributed by atoms with Crippen LogP contribution in [-0.4, -0.2) is 50.0 Å². The van der Waals surface area contributed by atoms with Crippen molar-refractivity contribution >= 4 is 5.96 Å². The largest absolute Gasteiger partial charge is 0.492 e. The molecule has 6 nitrogen and oxygen atoms in total. The van der Waals surface area contributed by atoms with Gasteiger partial charge in [-0.1, -0.05) is 18.2 Å². The fraction of sp³-hybridized carbons (Fsp3) is 0.350. The highest BCUT2D eigenvalue weighted by atomic mass is 19.1. The molecule has 0 bridgehead atoms. The molecule has 0 amide bonds. The number of rotatable bonds is 10. The Kier molecular flexibility index (Phi) is 8.92. The van der Waals surface area contributed by atoms with Crippen LogP contribution in [0.15, 0.2) is 59.6 Å². The summed E-state index contributed by atoms with van der Waals surface area (Å²) >= 11 is 0. The third kappa shape index (κ3) is 8.42. The molecule has 2 rings (SSSR count). The lowest BCUT2D eigenvalue weighted by Gasteiger charge is -2.14. The van der Waals surface area contributed by atoms with E-state index < -0.39 is 6.10 Å². The lowest BCUT2D eigenvalue weighted by molar-refractivity contribution is 0.114. The highest BCUT2D eigenvalue weighted by molar-refractivity contribution is 5.79. The van der Waals surface area contributed by atoms with Crippen molar-refractivity contribution in [3.63, 3.8) is 0 Å². The Labute approximate surface area is 159 Å². The van der Waals surface area contributed by atoms with E-state index in [4.69, 9.17) is 9.47 Å². The van der Waals surface area contributed by atoms with Crippen molar-refractivity contribution in [2.24, 2.45) is 4.99 Å². The molecule has 0 spiro atoms. The van der Waals surface area contributed by atoms with Crippen LogP contribution in [0.2, 0.25) is 0 Å². The smallest absolute Gasteiger partial charge is 0.191 e. The van der Waals surface area contributed by atoms with E-state index in [1.807, 2.05) is 37.3 Å². The lowest BCUT2D eigenvalue weighted by Crippen LogP contribution is -2.40. The topological polar surface area (TPSA) is 75.1 Å². The first kappa shape index (κ1) is 20.5. The van der Waals surface area contributed by atoms with Crippen LogP contribution in [-0.2, 0) is 0 Å². The number of nitrogens with zero attached hydrogens (tertiary/aromatic N) is 1. The summed E-state index contributed by atoms with van der Waals surface area (Å²) in [5.41, 5.74) is 0. The number of nitrogens with one attached hydrogen (secondary N) is 2. The zero-order valence-corrected chi connectivity index (χ0v) is 15.4. The van der Waals surface area contributed by atoms with E-state index >= 15 is 0 Å². The molecule has 0 radical (unpaired) electrons. The number of benzene rings is 2. The maximum Gasteiger partial charge on any atom is 0.191 e. The number of aliphatic hydroxyl groups excluding tert-OH is 1. The first-order chi connectivity index (χ1) is 13.2. The fourth-order valence-electron chi connectivity index (χ4n) is 2.17. The number of guanidine groups is 1. The maximum absolute atomic E-state index is 12.8. The Morgan fingerprint density at radius 2 is 1.74 bits per heavy atom. The number of aliphatic imine (C=N–C) groups is 1. The van der Waals surface area contributed by atoms with Gasteiger partial charge in [0.2, 0.25) is 0 Å². The van der Waals surface area contributed by atoms with Crippen LogP contribution in [0.1, 0.15) is 6.92 Å². The summed E-state index contributed by atoms with van der Waals surface area (Å²) in [5, 5.41) is 16.3. The predicted molar refractivity (Wildman–Crippen MR) is 104 cm³/mol. The summed E-state index contributed by atoms with van der Waals surface area (Å²) in [6, 6.07) is 15.2. The number of hydrogen-bond donors (Lipinski definition) is 3. The normalized spacial score (nSPS) is 12.3. The zero-order chi connectivity index (χ0) is 19.3. The van der Waals surface area contributed by atoms with Gasteiger partial charge in [-0.15, -0.1) is 0 Å². The first-order valence-corrected chi connectivity index (χ1v) is 8.94. The summed E-state index contributed by atoms with van der Waals surface area (Å²) < 4.78 is 23.9. The highest BCUT2D eigenvalue weighted by Crippen LogP contribution is 2.11. The van der Waals surface area contributed by atoms with Gasteiger partial charge in [0.1, 0.15) is 36.6 Å². The van der Waals surface area contributed by atoms with E-state index in [9.17, 15) is 9.50 Å². The molecule has 146 valence electrons. The predicted octanol–water partition coefficient (Wildman–Crippen LogP) is 2.20. The Morgan fingerprint density at radius 3 is 2.44 bits per heavy atom. The van der Waals surface area contributed by atoms with Crippen LogP contribution < -0.4 is 20.1 Å². The third-order valence-corrected chi connectivity index (χ3v) is 3.47. The molecule has 0 heterocycles. The Balaban J connectivity index is 1.70. The number of para-hydroxylation sites is 1. The minimum absolute atomic E-state index is 0.0751. The number of halogens is 1. The fourth-order valence-corrected chi connectivity index (χ4v) is 2.17. The average molecular weight is 375 g/mol. The van der Waals surface area contributed by atoms with Gasteiger partial charge in [0.25, 0.3) is 0 Å². The molecule has 2 aromatic carbocycles. The van der Waals surface area contributed by atoms with Crippen LogP contribution in [0.3, 0.4) is 0 Å². The van der Waals surface area contributed by atoms with Crippen molar-refractivity contribution in [3.8, 4) is 11.5 Å².